The van der Waals surface area contributed by atoms with Gasteiger partial charge in [-0.25, -0.2) is 0 Å². The Balaban J connectivity index is 1.99. The third-order valence-corrected chi connectivity index (χ3v) is 3.42. The van der Waals surface area contributed by atoms with Crippen LogP contribution in [-0.2, 0) is 0 Å². The molecule has 0 fully saturated rings. The van der Waals surface area contributed by atoms with Gasteiger partial charge in [-0.15, -0.1) is 0 Å². The van der Waals surface area contributed by atoms with Crippen molar-refractivity contribution in [2.75, 3.05) is 0 Å². The van der Waals surface area contributed by atoms with Gasteiger partial charge in [0.15, 0.2) is 23.0 Å². The molecule has 0 unspecified atom stereocenters. The SMILES string of the molecule is Oc1cc(O)cc(Oc2c(O)ccc(Oc3c(O)cc(O)cc3O)c2O)c1. The lowest BCUT2D eigenvalue weighted by molar-refractivity contribution is 0.337. The van der Waals surface area contributed by atoms with Gasteiger partial charge >= 0.3 is 0 Å². The zero-order valence-electron chi connectivity index (χ0n) is 13.5. The quantitative estimate of drug-likeness (QED) is 0.364. The summed E-state index contributed by atoms with van der Waals surface area (Å²) in [6.07, 6.45) is 0. The molecule has 0 bridgehead atoms. The first kappa shape index (κ1) is 17.7. The molecule has 0 amide bonds. The summed E-state index contributed by atoms with van der Waals surface area (Å²) in [5, 5.41) is 68.1. The summed E-state index contributed by atoms with van der Waals surface area (Å²) in [5.74, 6) is -4.70. The van der Waals surface area contributed by atoms with Gasteiger partial charge in [0, 0.05) is 30.3 Å². The number of phenols is 7. The van der Waals surface area contributed by atoms with Gasteiger partial charge in [-0.1, -0.05) is 0 Å². The predicted octanol–water partition coefficient (Wildman–Crippen LogP) is 3.21. The van der Waals surface area contributed by atoms with Crippen LogP contribution in [0.5, 0.6) is 63.2 Å². The van der Waals surface area contributed by atoms with E-state index in [2.05, 4.69) is 0 Å². The molecular formula is C18H14O9. The highest BCUT2D eigenvalue weighted by molar-refractivity contribution is 5.62. The molecule has 0 aliphatic rings. The Morgan fingerprint density at radius 3 is 1.67 bits per heavy atom. The average molecular weight is 374 g/mol. The number of rotatable bonds is 4. The lowest BCUT2D eigenvalue weighted by Gasteiger charge is -2.15. The van der Waals surface area contributed by atoms with Crippen LogP contribution in [0.4, 0.5) is 0 Å². The summed E-state index contributed by atoms with van der Waals surface area (Å²) >= 11 is 0. The number of hydrogen-bond donors (Lipinski definition) is 7. The minimum absolute atomic E-state index is 0.0921. The highest BCUT2D eigenvalue weighted by Gasteiger charge is 2.20. The number of benzene rings is 3. The third kappa shape index (κ3) is 3.61. The van der Waals surface area contributed by atoms with Crippen molar-refractivity contribution >= 4 is 0 Å². The molecule has 140 valence electrons. The summed E-state index contributed by atoms with van der Waals surface area (Å²) in [5.41, 5.74) is 0. The third-order valence-electron chi connectivity index (χ3n) is 3.42. The van der Waals surface area contributed by atoms with Gasteiger partial charge in [0.05, 0.1) is 0 Å². The van der Waals surface area contributed by atoms with Crippen LogP contribution in [0.25, 0.3) is 0 Å². The number of phenolic OH excluding ortho intramolecular Hbond substituents is 7. The molecule has 3 rings (SSSR count). The van der Waals surface area contributed by atoms with E-state index in [0.717, 1.165) is 42.5 Å². The molecule has 9 nitrogen and oxygen atoms in total. The summed E-state index contributed by atoms with van der Waals surface area (Å²) in [6, 6.07) is 7.40. The second kappa shape index (κ2) is 6.64. The average Bonchev–Trinajstić information content (AvgIpc) is 2.55. The largest absolute Gasteiger partial charge is 0.508 e. The van der Waals surface area contributed by atoms with Crippen LogP contribution in [0.1, 0.15) is 0 Å². The van der Waals surface area contributed by atoms with Crippen molar-refractivity contribution in [3.63, 3.8) is 0 Å². The Morgan fingerprint density at radius 2 is 1.07 bits per heavy atom. The Morgan fingerprint density at radius 1 is 0.519 bits per heavy atom. The van der Waals surface area contributed by atoms with Gasteiger partial charge in [0.2, 0.25) is 17.2 Å². The molecule has 0 radical (unpaired) electrons. The fraction of sp³-hybridized carbons (Fsp3) is 0. The van der Waals surface area contributed by atoms with E-state index in [-0.39, 0.29) is 23.0 Å². The molecular weight excluding hydrogens is 360 g/mol. The van der Waals surface area contributed by atoms with Gasteiger partial charge in [0.1, 0.15) is 23.0 Å². The van der Waals surface area contributed by atoms with Crippen molar-refractivity contribution in [1.82, 2.24) is 0 Å². The molecule has 0 saturated heterocycles. The molecule has 0 heterocycles. The minimum atomic E-state index is -0.690. The molecule has 0 spiro atoms. The van der Waals surface area contributed by atoms with Gasteiger partial charge in [-0.2, -0.15) is 0 Å². The molecule has 3 aromatic rings. The Labute approximate surface area is 151 Å². The maximum atomic E-state index is 10.3. The number of hydrogen-bond acceptors (Lipinski definition) is 9. The van der Waals surface area contributed by atoms with Gasteiger partial charge in [-0.05, 0) is 12.1 Å². The smallest absolute Gasteiger partial charge is 0.214 e. The normalized spacial score (nSPS) is 10.5. The fourth-order valence-corrected chi connectivity index (χ4v) is 2.27. The molecule has 7 N–H and O–H groups in total. The molecule has 9 heteroatoms. The van der Waals surface area contributed by atoms with E-state index in [1.807, 2.05) is 0 Å². The van der Waals surface area contributed by atoms with Crippen LogP contribution >= 0.6 is 0 Å². The van der Waals surface area contributed by atoms with E-state index < -0.39 is 40.2 Å². The first-order valence-corrected chi connectivity index (χ1v) is 7.43. The summed E-state index contributed by atoms with van der Waals surface area (Å²) in [7, 11) is 0. The standard InChI is InChI=1S/C18H14O9/c19-8-3-9(20)5-11(4-8)26-18-12(22)1-2-15(16(18)25)27-17-13(23)6-10(21)7-14(17)24/h1-7,19-25H. The maximum absolute atomic E-state index is 10.3. The first-order chi connectivity index (χ1) is 12.7. The fourth-order valence-electron chi connectivity index (χ4n) is 2.27. The van der Waals surface area contributed by atoms with E-state index >= 15 is 0 Å². The summed E-state index contributed by atoms with van der Waals surface area (Å²) in [6.45, 7) is 0. The van der Waals surface area contributed by atoms with Crippen molar-refractivity contribution in [2.24, 2.45) is 0 Å². The first-order valence-electron chi connectivity index (χ1n) is 7.43. The van der Waals surface area contributed by atoms with Crippen LogP contribution in [0.3, 0.4) is 0 Å². The van der Waals surface area contributed by atoms with Gasteiger partial charge in [-0.3, -0.25) is 0 Å². The van der Waals surface area contributed by atoms with E-state index in [1.54, 1.807) is 0 Å². The van der Waals surface area contributed by atoms with E-state index in [4.69, 9.17) is 9.47 Å². The molecule has 0 aliphatic heterocycles. The second-order valence-corrected chi connectivity index (χ2v) is 5.46. The molecule has 0 atom stereocenters. The van der Waals surface area contributed by atoms with Crippen LogP contribution in [-0.4, -0.2) is 35.7 Å². The lowest BCUT2D eigenvalue weighted by Crippen LogP contribution is -1.91. The summed E-state index contributed by atoms with van der Waals surface area (Å²) in [4.78, 5) is 0. The molecule has 0 saturated carbocycles. The number of ether oxygens (including phenoxy) is 2. The van der Waals surface area contributed by atoms with Crippen molar-refractivity contribution in [1.29, 1.82) is 0 Å². The second-order valence-electron chi connectivity index (χ2n) is 5.46. The topological polar surface area (TPSA) is 160 Å². The lowest BCUT2D eigenvalue weighted by atomic mass is 10.2. The monoisotopic (exact) mass is 374 g/mol. The van der Waals surface area contributed by atoms with Gasteiger partial charge < -0.3 is 45.2 Å². The van der Waals surface area contributed by atoms with Crippen molar-refractivity contribution in [3.8, 4) is 63.2 Å². The van der Waals surface area contributed by atoms with E-state index in [1.165, 1.54) is 0 Å². The Hall–Kier alpha value is -4.14. The molecule has 0 aliphatic carbocycles. The van der Waals surface area contributed by atoms with Crippen LogP contribution in [0, 0.1) is 0 Å². The molecule has 0 aromatic heterocycles. The van der Waals surface area contributed by atoms with Crippen LogP contribution in [0.2, 0.25) is 0 Å². The van der Waals surface area contributed by atoms with E-state index in [9.17, 15) is 35.7 Å². The summed E-state index contributed by atoms with van der Waals surface area (Å²) < 4.78 is 10.6. The predicted molar refractivity (Wildman–Crippen MR) is 91.1 cm³/mol. The van der Waals surface area contributed by atoms with Crippen molar-refractivity contribution in [3.05, 3.63) is 42.5 Å². The maximum Gasteiger partial charge on any atom is 0.214 e. The highest BCUT2D eigenvalue weighted by atomic mass is 16.5. The van der Waals surface area contributed by atoms with E-state index in [0.29, 0.717) is 0 Å². The Kier molecular flexibility index (Phi) is 4.34. The van der Waals surface area contributed by atoms with Crippen LogP contribution < -0.4 is 9.47 Å². The number of aromatic hydroxyl groups is 7. The molecule has 3 aromatic carbocycles. The molecule has 27 heavy (non-hydrogen) atoms. The zero-order valence-corrected chi connectivity index (χ0v) is 13.5. The van der Waals surface area contributed by atoms with Gasteiger partial charge in [0.25, 0.3) is 0 Å². The minimum Gasteiger partial charge on any atom is -0.508 e. The zero-order chi connectivity index (χ0) is 19.7. The van der Waals surface area contributed by atoms with Crippen molar-refractivity contribution < 1.29 is 45.2 Å². The van der Waals surface area contributed by atoms with Crippen LogP contribution in [0.15, 0.2) is 42.5 Å². The highest BCUT2D eigenvalue weighted by Crippen LogP contribution is 2.49. The van der Waals surface area contributed by atoms with Crippen molar-refractivity contribution in [2.45, 2.75) is 0 Å². The Bertz CT molecular complexity index is 971.